The lowest BCUT2D eigenvalue weighted by Gasteiger charge is -2.08. The third kappa shape index (κ3) is 30.5. The van der Waals surface area contributed by atoms with E-state index < -0.39 is 0 Å². The van der Waals surface area contributed by atoms with Gasteiger partial charge in [-0.15, -0.1) is 0 Å². The summed E-state index contributed by atoms with van der Waals surface area (Å²) in [6.07, 6.45) is 19.5. The second kappa shape index (κ2) is 31.5. The smallest absolute Gasteiger partial charge is 0.0701 e. The van der Waals surface area contributed by atoms with Crippen LogP contribution in [0.5, 0.6) is 0 Å². The lowest BCUT2D eigenvalue weighted by atomic mass is 10.0. The first-order chi connectivity index (χ1) is 15.9. The number of rotatable bonds is 29. The molecule has 0 aromatic carbocycles. The fraction of sp³-hybridized carbons (Fsp3) is 1.00. The molecule has 0 radical (unpaired) electrons. The molecule has 0 saturated heterocycles. The van der Waals surface area contributed by atoms with Gasteiger partial charge in [0.05, 0.1) is 59.5 Å². The van der Waals surface area contributed by atoms with Gasteiger partial charge in [-0.1, -0.05) is 113 Å². The van der Waals surface area contributed by atoms with Crippen LogP contribution in [0.25, 0.3) is 0 Å². The maximum absolute atomic E-state index is 5.64. The minimum Gasteiger partial charge on any atom is -0.379 e. The summed E-state index contributed by atoms with van der Waals surface area (Å²) in [6.45, 7) is 8.98. The van der Waals surface area contributed by atoms with Crippen LogP contribution >= 0.6 is 22.6 Å². The van der Waals surface area contributed by atoms with Gasteiger partial charge in [0.1, 0.15) is 0 Å². The van der Waals surface area contributed by atoms with Gasteiger partial charge in [-0.3, -0.25) is 0 Å². The molecule has 0 aliphatic heterocycles. The van der Waals surface area contributed by atoms with E-state index in [2.05, 4.69) is 29.5 Å². The molecule has 0 rings (SSSR count). The minimum atomic E-state index is 0.602. The monoisotopic (exact) mass is 572 g/mol. The van der Waals surface area contributed by atoms with Gasteiger partial charge in [0.2, 0.25) is 0 Å². The maximum Gasteiger partial charge on any atom is 0.0701 e. The van der Waals surface area contributed by atoms with E-state index in [4.69, 9.17) is 23.7 Å². The number of unbranched alkanes of at least 4 members (excludes halogenated alkanes) is 13. The summed E-state index contributed by atoms with van der Waals surface area (Å²) in [5.74, 6) is 0. The Bertz CT molecular complexity index is 291. The normalized spacial score (nSPS) is 11.4. The first-order valence-corrected chi connectivity index (χ1v) is 14.9. The summed E-state index contributed by atoms with van der Waals surface area (Å²) >= 11 is 2.29. The van der Waals surface area contributed by atoms with Gasteiger partial charge in [-0.2, -0.15) is 0 Å². The van der Waals surface area contributed by atoms with Crippen LogP contribution in [0.3, 0.4) is 0 Å². The van der Waals surface area contributed by atoms with E-state index in [1.807, 2.05) is 0 Å². The SMILES string of the molecule is CCCCCCCCCCCCCCCCOCCOCCOCCOCCOCCI. The Labute approximate surface area is 213 Å². The van der Waals surface area contributed by atoms with E-state index in [1.165, 1.54) is 89.9 Å². The van der Waals surface area contributed by atoms with E-state index in [9.17, 15) is 0 Å². The van der Waals surface area contributed by atoms with Gasteiger partial charge in [-0.05, 0) is 6.42 Å². The Morgan fingerprint density at radius 2 is 0.625 bits per heavy atom. The van der Waals surface area contributed by atoms with Crippen molar-refractivity contribution >= 4 is 22.6 Å². The van der Waals surface area contributed by atoms with Gasteiger partial charge < -0.3 is 23.7 Å². The van der Waals surface area contributed by atoms with E-state index in [0.717, 1.165) is 17.6 Å². The fourth-order valence-corrected chi connectivity index (χ4v) is 3.75. The first-order valence-electron chi connectivity index (χ1n) is 13.4. The Kier molecular flexibility index (Phi) is 32.1. The zero-order chi connectivity index (χ0) is 23.2. The first kappa shape index (κ1) is 32.5. The van der Waals surface area contributed by atoms with Crippen molar-refractivity contribution in [2.75, 3.05) is 70.5 Å². The predicted octanol–water partition coefficient (Wildman–Crippen LogP) is 6.99. The van der Waals surface area contributed by atoms with Gasteiger partial charge in [0.25, 0.3) is 0 Å². The van der Waals surface area contributed by atoms with Crippen LogP contribution in [-0.4, -0.2) is 70.5 Å². The van der Waals surface area contributed by atoms with Crippen LogP contribution in [0, 0.1) is 0 Å². The summed E-state index contributed by atoms with van der Waals surface area (Å²) in [5, 5.41) is 0. The molecule has 0 atom stereocenters. The van der Waals surface area contributed by atoms with Crippen LogP contribution < -0.4 is 0 Å². The zero-order valence-electron chi connectivity index (χ0n) is 21.1. The van der Waals surface area contributed by atoms with Gasteiger partial charge in [-0.25, -0.2) is 0 Å². The van der Waals surface area contributed by atoms with Crippen molar-refractivity contribution in [2.45, 2.75) is 96.8 Å². The molecule has 0 aromatic heterocycles. The highest BCUT2D eigenvalue weighted by Gasteiger charge is 1.96. The molecule has 0 aliphatic carbocycles. The Morgan fingerprint density at radius 3 is 0.969 bits per heavy atom. The molecule has 0 saturated carbocycles. The Balaban J connectivity index is 2.98. The second-order valence-electron chi connectivity index (χ2n) is 8.35. The van der Waals surface area contributed by atoms with Gasteiger partial charge in [0, 0.05) is 11.0 Å². The van der Waals surface area contributed by atoms with Crippen molar-refractivity contribution in [1.82, 2.24) is 0 Å². The summed E-state index contributed by atoms with van der Waals surface area (Å²) in [4.78, 5) is 0. The van der Waals surface area contributed by atoms with Crippen LogP contribution in [-0.2, 0) is 23.7 Å². The summed E-state index contributed by atoms with van der Waals surface area (Å²) < 4.78 is 28.4. The number of halogens is 1. The van der Waals surface area contributed by atoms with Crippen LogP contribution in [0.4, 0.5) is 0 Å². The minimum absolute atomic E-state index is 0.602. The molecule has 0 unspecified atom stereocenters. The molecule has 194 valence electrons. The topological polar surface area (TPSA) is 46.2 Å². The molecule has 5 nitrogen and oxygen atoms in total. The van der Waals surface area contributed by atoms with E-state index in [-0.39, 0.29) is 0 Å². The molecule has 0 amide bonds. The summed E-state index contributed by atoms with van der Waals surface area (Å²) in [7, 11) is 0. The predicted molar refractivity (Wildman–Crippen MR) is 143 cm³/mol. The number of ether oxygens (including phenoxy) is 5. The Hall–Kier alpha value is 0.530. The molecule has 0 spiro atoms. The van der Waals surface area contributed by atoms with Crippen LogP contribution in [0.15, 0.2) is 0 Å². The highest BCUT2D eigenvalue weighted by molar-refractivity contribution is 14.1. The van der Waals surface area contributed by atoms with Crippen molar-refractivity contribution in [2.24, 2.45) is 0 Å². The van der Waals surface area contributed by atoms with Gasteiger partial charge >= 0.3 is 0 Å². The number of alkyl halides is 1. The van der Waals surface area contributed by atoms with Crippen molar-refractivity contribution in [1.29, 1.82) is 0 Å². The summed E-state index contributed by atoms with van der Waals surface area (Å²) in [6, 6.07) is 0. The third-order valence-electron chi connectivity index (χ3n) is 5.35. The standard InChI is InChI=1S/C26H53IO5/c1-2-3-4-5-6-7-8-9-10-11-12-13-14-15-17-28-19-21-30-23-25-32-26-24-31-22-20-29-18-16-27/h2-26H2,1H3. The average Bonchev–Trinajstić information content (AvgIpc) is 2.81. The number of hydrogen-bond donors (Lipinski definition) is 0. The van der Waals surface area contributed by atoms with E-state index in [0.29, 0.717) is 52.9 Å². The van der Waals surface area contributed by atoms with Crippen molar-refractivity contribution < 1.29 is 23.7 Å². The Morgan fingerprint density at radius 1 is 0.344 bits per heavy atom. The fourth-order valence-electron chi connectivity index (χ4n) is 3.43. The highest BCUT2D eigenvalue weighted by atomic mass is 127. The van der Waals surface area contributed by atoms with E-state index in [1.54, 1.807) is 0 Å². The lowest BCUT2D eigenvalue weighted by molar-refractivity contribution is -0.0102. The second-order valence-corrected chi connectivity index (χ2v) is 9.43. The highest BCUT2D eigenvalue weighted by Crippen LogP contribution is 2.12. The van der Waals surface area contributed by atoms with Crippen molar-refractivity contribution in [3.05, 3.63) is 0 Å². The third-order valence-corrected chi connectivity index (χ3v) is 5.79. The molecule has 6 heteroatoms. The molecule has 0 heterocycles. The largest absolute Gasteiger partial charge is 0.379 e. The molecule has 0 bridgehead atoms. The average molecular weight is 573 g/mol. The zero-order valence-corrected chi connectivity index (χ0v) is 23.3. The van der Waals surface area contributed by atoms with E-state index >= 15 is 0 Å². The molecular formula is C26H53IO5. The quantitative estimate of drug-likeness (QED) is 0.0550. The maximum atomic E-state index is 5.64. The van der Waals surface area contributed by atoms with Crippen LogP contribution in [0.2, 0.25) is 0 Å². The lowest BCUT2D eigenvalue weighted by Crippen LogP contribution is -2.13. The van der Waals surface area contributed by atoms with Gasteiger partial charge in [0.15, 0.2) is 0 Å². The molecule has 0 aromatic rings. The molecule has 32 heavy (non-hydrogen) atoms. The number of hydrogen-bond acceptors (Lipinski definition) is 5. The van der Waals surface area contributed by atoms with Crippen molar-refractivity contribution in [3.8, 4) is 0 Å². The molecule has 0 N–H and O–H groups in total. The molecule has 0 aliphatic rings. The van der Waals surface area contributed by atoms with Crippen LogP contribution in [0.1, 0.15) is 96.8 Å². The van der Waals surface area contributed by atoms with Crippen molar-refractivity contribution in [3.63, 3.8) is 0 Å². The molecule has 0 fully saturated rings. The molecular weight excluding hydrogens is 519 g/mol. The summed E-state index contributed by atoms with van der Waals surface area (Å²) in [5.41, 5.74) is 0.